The van der Waals surface area contributed by atoms with E-state index in [0.29, 0.717) is 6.04 Å². The van der Waals surface area contributed by atoms with E-state index in [4.69, 9.17) is 4.74 Å². The SMILES string of the molecule is CCNC(CCCc1ccccc1)c1cc(OC)cs1. The lowest BCUT2D eigenvalue weighted by Crippen LogP contribution is -2.20. The van der Waals surface area contributed by atoms with Crippen LogP contribution in [0.4, 0.5) is 0 Å². The highest BCUT2D eigenvalue weighted by atomic mass is 32.1. The van der Waals surface area contributed by atoms with Crippen molar-refractivity contribution >= 4 is 11.3 Å². The van der Waals surface area contributed by atoms with Gasteiger partial charge in [-0.3, -0.25) is 0 Å². The summed E-state index contributed by atoms with van der Waals surface area (Å²) in [5.74, 6) is 0.968. The third kappa shape index (κ3) is 4.36. The van der Waals surface area contributed by atoms with Crippen molar-refractivity contribution in [3.05, 3.63) is 52.2 Å². The largest absolute Gasteiger partial charge is 0.496 e. The fourth-order valence-corrected chi connectivity index (χ4v) is 3.34. The summed E-state index contributed by atoms with van der Waals surface area (Å²) in [6.07, 6.45) is 3.50. The minimum Gasteiger partial charge on any atom is -0.496 e. The summed E-state index contributed by atoms with van der Waals surface area (Å²) in [7, 11) is 1.73. The first kappa shape index (κ1) is 15.1. The molecule has 0 bridgehead atoms. The van der Waals surface area contributed by atoms with Crippen molar-refractivity contribution in [2.75, 3.05) is 13.7 Å². The maximum atomic E-state index is 5.28. The molecule has 0 radical (unpaired) electrons. The van der Waals surface area contributed by atoms with Crippen molar-refractivity contribution in [2.24, 2.45) is 0 Å². The number of benzene rings is 1. The summed E-state index contributed by atoms with van der Waals surface area (Å²) >= 11 is 1.78. The van der Waals surface area contributed by atoms with Crippen molar-refractivity contribution in [3.63, 3.8) is 0 Å². The van der Waals surface area contributed by atoms with E-state index in [9.17, 15) is 0 Å². The third-order valence-electron chi connectivity index (χ3n) is 3.43. The van der Waals surface area contributed by atoms with E-state index in [2.05, 4.69) is 54.0 Å². The van der Waals surface area contributed by atoms with Crippen LogP contribution in [0.25, 0.3) is 0 Å². The predicted octanol–water partition coefficient (Wildman–Crippen LogP) is 4.43. The first-order valence-electron chi connectivity index (χ1n) is 7.23. The minimum atomic E-state index is 0.442. The van der Waals surface area contributed by atoms with Crippen LogP contribution in [-0.2, 0) is 6.42 Å². The molecule has 0 saturated carbocycles. The highest BCUT2D eigenvalue weighted by Crippen LogP contribution is 2.29. The number of thiophene rings is 1. The molecule has 1 aromatic heterocycles. The molecule has 2 rings (SSSR count). The Morgan fingerprint density at radius 2 is 2.05 bits per heavy atom. The predicted molar refractivity (Wildman–Crippen MR) is 86.7 cm³/mol. The molecule has 0 aliphatic rings. The van der Waals surface area contributed by atoms with Crippen LogP contribution in [0.5, 0.6) is 5.75 Å². The van der Waals surface area contributed by atoms with E-state index in [1.807, 2.05) is 0 Å². The smallest absolute Gasteiger partial charge is 0.129 e. The molecule has 1 unspecified atom stereocenters. The van der Waals surface area contributed by atoms with Gasteiger partial charge in [0, 0.05) is 16.3 Å². The topological polar surface area (TPSA) is 21.3 Å². The number of aryl methyl sites for hydroxylation is 1. The van der Waals surface area contributed by atoms with Gasteiger partial charge >= 0.3 is 0 Å². The second-order valence-corrected chi connectivity index (χ2v) is 5.82. The lowest BCUT2D eigenvalue weighted by atomic mass is 10.0. The van der Waals surface area contributed by atoms with Crippen LogP contribution >= 0.6 is 11.3 Å². The number of rotatable bonds is 8. The van der Waals surface area contributed by atoms with Crippen molar-refractivity contribution in [3.8, 4) is 5.75 Å². The summed E-state index contributed by atoms with van der Waals surface area (Å²) in [5.41, 5.74) is 1.42. The summed E-state index contributed by atoms with van der Waals surface area (Å²) in [6.45, 7) is 3.16. The van der Waals surface area contributed by atoms with E-state index in [-0.39, 0.29) is 0 Å². The van der Waals surface area contributed by atoms with Gasteiger partial charge in [0.1, 0.15) is 5.75 Å². The molecule has 0 amide bonds. The number of hydrogen-bond donors (Lipinski definition) is 1. The molecule has 108 valence electrons. The van der Waals surface area contributed by atoms with Gasteiger partial charge in [0.2, 0.25) is 0 Å². The maximum Gasteiger partial charge on any atom is 0.129 e. The second kappa shape index (κ2) is 8.08. The molecule has 20 heavy (non-hydrogen) atoms. The zero-order chi connectivity index (χ0) is 14.2. The van der Waals surface area contributed by atoms with E-state index in [0.717, 1.165) is 25.1 Å². The number of ether oxygens (including phenoxy) is 1. The van der Waals surface area contributed by atoms with E-state index in [1.54, 1.807) is 18.4 Å². The molecule has 0 aliphatic heterocycles. The number of nitrogens with one attached hydrogen (secondary N) is 1. The molecule has 0 fully saturated rings. The van der Waals surface area contributed by atoms with Crippen molar-refractivity contribution in [1.29, 1.82) is 0 Å². The van der Waals surface area contributed by atoms with Crippen LogP contribution in [-0.4, -0.2) is 13.7 Å². The van der Waals surface area contributed by atoms with Crippen molar-refractivity contribution in [1.82, 2.24) is 5.32 Å². The summed E-state index contributed by atoms with van der Waals surface area (Å²) < 4.78 is 5.28. The van der Waals surface area contributed by atoms with Gasteiger partial charge in [-0.05, 0) is 37.4 Å². The Hall–Kier alpha value is -1.32. The number of hydrogen-bond acceptors (Lipinski definition) is 3. The van der Waals surface area contributed by atoms with Crippen molar-refractivity contribution in [2.45, 2.75) is 32.2 Å². The fraction of sp³-hybridized carbons (Fsp3) is 0.412. The Morgan fingerprint density at radius 3 is 2.70 bits per heavy atom. The van der Waals surface area contributed by atoms with Gasteiger partial charge in [-0.25, -0.2) is 0 Å². The quantitative estimate of drug-likeness (QED) is 0.776. The zero-order valence-electron chi connectivity index (χ0n) is 12.3. The van der Waals surface area contributed by atoms with Crippen LogP contribution in [0, 0.1) is 0 Å². The Bertz CT molecular complexity index is 495. The molecule has 2 nitrogen and oxygen atoms in total. The molecule has 1 aromatic carbocycles. The molecular formula is C17H23NOS. The monoisotopic (exact) mass is 289 g/mol. The first-order valence-corrected chi connectivity index (χ1v) is 8.11. The first-order chi connectivity index (χ1) is 9.83. The van der Waals surface area contributed by atoms with Gasteiger partial charge in [-0.1, -0.05) is 37.3 Å². The van der Waals surface area contributed by atoms with Crippen LogP contribution in [0.3, 0.4) is 0 Å². The van der Waals surface area contributed by atoms with Crippen LogP contribution in [0.1, 0.15) is 36.2 Å². The molecule has 0 saturated heterocycles. The van der Waals surface area contributed by atoms with Crippen molar-refractivity contribution < 1.29 is 4.74 Å². The Labute approximate surface area is 125 Å². The summed E-state index contributed by atoms with van der Waals surface area (Å²) in [5, 5.41) is 5.66. The summed E-state index contributed by atoms with van der Waals surface area (Å²) in [6, 6.07) is 13.3. The second-order valence-electron chi connectivity index (χ2n) is 4.88. The van der Waals surface area contributed by atoms with E-state index in [1.165, 1.54) is 16.9 Å². The van der Waals surface area contributed by atoms with Crippen LogP contribution < -0.4 is 10.1 Å². The minimum absolute atomic E-state index is 0.442. The van der Waals surface area contributed by atoms with Gasteiger partial charge in [0.25, 0.3) is 0 Å². The fourth-order valence-electron chi connectivity index (χ4n) is 2.37. The number of methoxy groups -OCH3 is 1. The van der Waals surface area contributed by atoms with Gasteiger partial charge in [0.05, 0.1) is 7.11 Å². The Kier molecular flexibility index (Phi) is 6.09. The molecule has 3 heteroatoms. The standard InChI is InChI=1S/C17H23NOS/c1-3-18-16(17-12-15(19-2)13-20-17)11-7-10-14-8-5-4-6-9-14/h4-6,8-9,12-13,16,18H,3,7,10-11H2,1-2H3. The van der Waals surface area contributed by atoms with Gasteiger partial charge in [-0.15, -0.1) is 11.3 Å². The highest BCUT2D eigenvalue weighted by molar-refractivity contribution is 7.10. The van der Waals surface area contributed by atoms with Crippen LogP contribution in [0.2, 0.25) is 0 Å². The normalized spacial score (nSPS) is 12.3. The third-order valence-corrected chi connectivity index (χ3v) is 4.45. The molecule has 2 aromatic rings. The van der Waals surface area contributed by atoms with Gasteiger partial charge in [-0.2, -0.15) is 0 Å². The Morgan fingerprint density at radius 1 is 1.25 bits per heavy atom. The Balaban J connectivity index is 1.89. The molecule has 1 atom stereocenters. The molecular weight excluding hydrogens is 266 g/mol. The molecule has 0 aliphatic carbocycles. The maximum absolute atomic E-state index is 5.28. The molecule has 1 heterocycles. The van der Waals surface area contributed by atoms with Crippen LogP contribution in [0.15, 0.2) is 41.8 Å². The lowest BCUT2D eigenvalue weighted by Gasteiger charge is -2.16. The highest BCUT2D eigenvalue weighted by Gasteiger charge is 2.13. The lowest BCUT2D eigenvalue weighted by molar-refractivity contribution is 0.415. The zero-order valence-corrected chi connectivity index (χ0v) is 13.1. The van der Waals surface area contributed by atoms with Gasteiger partial charge < -0.3 is 10.1 Å². The van der Waals surface area contributed by atoms with E-state index < -0.39 is 0 Å². The molecule has 0 spiro atoms. The summed E-state index contributed by atoms with van der Waals surface area (Å²) in [4.78, 5) is 1.37. The molecule has 1 N–H and O–H groups in total. The average Bonchev–Trinajstić information content (AvgIpc) is 2.96. The van der Waals surface area contributed by atoms with Gasteiger partial charge in [0.15, 0.2) is 0 Å². The van der Waals surface area contributed by atoms with E-state index >= 15 is 0 Å². The average molecular weight is 289 g/mol.